The number of para-hydroxylation sites is 1. The van der Waals surface area contributed by atoms with Crippen LogP contribution in [0.15, 0.2) is 83.8 Å². The zero-order valence-corrected chi connectivity index (χ0v) is 16.7. The Bertz CT molecular complexity index is 1050. The molecule has 1 N–H and O–H groups in total. The number of anilines is 2. The van der Waals surface area contributed by atoms with Crippen LogP contribution in [0.3, 0.4) is 0 Å². The highest BCUT2D eigenvalue weighted by atomic mass is 35.5. The van der Waals surface area contributed by atoms with E-state index in [2.05, 4.69) is 5.32 Å². The summed E-state index contributed by atoms with van der Waals surface area (Å²) >= 11 is 5.88. The topological polar surface area (TPSA) is 66.5 Å². The average molecular weight is 415 g/mol. The first kappa shape index (κ1) is 19.9. The van der Waals surface area contributed by atoms with Crippen LogP contribution < -0.4 is 9.62 Å². The number of carbonyl (C=O) groups is 1. The van der Waals surface area contributed by atoms with Gasteiger partial charge in [-0.1, -0.05) is 47.5 Å². The van der Waals surface area contributed by atoms with Gasteiger partial charge >= 0.3 is 0 Å². The molecule has 0 spiro atoms. The van der Waals surface area contributed by atoms with Gasteiger partial charge in [-0.3, -0.25) is 9.10 Å². The van der Waals surface area contributed by atoms with Gasteiger partial charge in [-0.2, -0.15) is 0 Å². The summed E-state index contributed by atoms with van der Waals surface area (Å²) in [6.45, 7) is 1.55. The van der Waals surface area contributed by atoms with E-state index in [4.69, 9.17) is 11.6 Å². The molecule has 7 heteroatoms. The van der Waals surface area contributed by atoms with Gasteiger partial charge in [0.2, 0.25) is 5.91 Å². The minimum Gasteiger partial charge on any atom is -0.325 e. The number of nitrogens with zero attached hydrogens (tertiary/aromatic N) is 1. The number of hydrogen-bond acceptors (Lipinski definition) is 3. The highest BCUT2D eigenvalue weighted by molar-refractivity contribution is 7.92. The second-order valence-corrected chi connectivity index (χ2v) is 8.51. The lowest BCUT2D eigenvalue weighted by Gasteiger charge is -2.24. The summed E-state index contributed by atoms with van der Waals surface area (Å²) in [5, 5.41) is 3.15. The molecule has 0 aliphatic carbocycles. The Morgan fingerprint density at radius 3 is 2.14 bits per heavy atom. The van der Waals surface area contributed by atoms with Gasteiger partial charge < -0.3 is 5.32 Å². The number of rotatable bonds is 6. The van der Waals surface area contributed by atoms with Crippen LogP contribution in [0.4, 0.5) is 11.4 Å². The highest BCUT2D eigenvalue weighted by Gasteiger charge is 2.27. The fraction of sp³-hybridized carbons (Fsp3) is 0.0952. The van der Waals surface area contributed by atoms with Crippen LogP contribution in [-0.4, -0.2) is 20.9 Å². The largest absolute Gasteiger partial charge is 0.325 e. The molecule has 3 rings (SSSR count). The third-order valence-electron chi connectivity index (χ3n) is 4.07. The molecule has 0 saturated carbocycles. The van der Waals surface area contributed by atoms with Crippen LogP contribution in [0.25, 0.3) is 0 Å². The van der Waals surface area contributed by atoms with Gasteiger partial charge in [0.05, 0.1) is 10.6 Å². The summed E-state index contributed by atoms with van der Waals surface area (Å²) in [5.41, 5.74) is 1.99. The molecule has 0 aromatic heterocycles. The third-order valence-corrected chi connectivity index (χ3v) is 6.11. The number of amides is 1. The number of aryl methyl sites for hydroxylation is 1. The lowest BCUT2D eigenvalue weighted by Crippen LogP contribution is -2.38. The summed E-state index contributed by atoms with van der Waals surface area (Å²) in [4.78, 5) is 12.6. The quantitative estimate of drug-likeness (QED) is 0.646. The highest BCUT2D eigenvalue weighted by Crippen LogP contribution is 2.25. The number of benzene rings is 3. The fourth-order valence-electron chi connectivity index (χ4n) is 2.61. The summed E-state index contributed by atoms with van der Waals surface area (Å²) in [7, 11) is -3.96. The van der Waals surface area contributed by atoms with Crippen LogP contribution in [-0.2, 0) is 14.8 Å². The molecule has 0 heterocycles. The molecule has 5 nitrogen and oxygen atoms in total. The molecule has 0 unspecified atom stereocenters. The molecule has 0 aliphatic rings. The van der Waals surface area contributed by atoms with Crippen molar-refractivity contribution in [2.24, 2.45) is 0 Å². The molecule has 0 radical (unpaired) electrons. The predicted molar refractivity (Wildman–Crippen MR) is 112 cm³/mol. The van der Waals surface area contributed by atoms with Crippen molar-refractivity contribution in [3.05, 3.63) is 89.4 Å². The van der Waals surface area contributed by atoms with Gasteiger partial charge in [0.15, 0.2) is 0 Å². The second kappa shape index (κ2) is 8.46. The summed E-state index contributed by atoms with van der Waals surface area (Å²) < 4.78 is 27.5. The van der Waals surface area contributed by atoms with Crippen LogP contribution in [0.5, 0.6) is 0 Å². The lowest BCUT2D eigenvalue weighted by molar-refractivity contribution is -0.114. The zero-order valence-electron chi connectivity index (χ0n) is 15.2. The Labute approximate surface area is 169 Å². The van der Waals surface area contributed by atoms with Crippen molar-refractivity contribution in [2.45, 2.75) is 11.8 Å². The Kier molecular flexibility index (Phi) is 6.02. The standard InChI is InChI=1S/C21H19ClN2O3S/c1-16-7-11-19(12-8-16)24(15-21(25)23-18-5-3-2-4-6-18)28(26,27)20-13-9-17(22)10-14-20/h2-14H,15H2,1H3,(H,23,25). The van der Waals surface area contributed by atoms with Crippen molar-refractivity contribution in [3.63, 3.8) is 0 Å². The minimum atomic E-state index is -3.96. The van der Waals surface area contributed by atoms with Gasteiger partial charge in [0.1, 0.15) is 6.54 Å². The molecular formula is C21H19ClN2O3S. The van der Waals surface area contributed by atoms with Crippen molar-refractivity contribution in [1.82, 2.24) is 0 Å². The van der Waals surface area contributed by atoms with E-state index in [0.717, 1.165) is 9.87 Å². The van der Waals surface area contributed by atoms with Gasteiger partial charge in [-0.25, -0.2) is 8.42 Å². The van der Waals surface area contributed by atoms with Crippen molar-refractivity contribution in [3.8, 4) is 0 Å². The van der Waals surface area contributed by atoms with Crippen LogP contribution in [0, 0.1) is 6.92 Å². The van der Waals surface area contributed by atoms with E-state index in [1.165, 1.54) is 24.3 Å². The number of sulfonamides is 1. The van der Waals surface area contributed by atoms with Crippen molar-refractivity contribution in [1.29, 1.82) is 0 Å². The molecule has 0 saturated heterocycles. The van der Waals surface area contributed by atoms with Gasteiger partial charge in [0, 0.05) is 10.7 Å². The first-order valence-corrected chi connectivity index (χ1v) is 10.4. The second-order valence-electron chi connectivity index (χ2n) is 6.22. The first-order valence-electron chi connectivity index (χ1n) is 8.56. The maximum atomic E-state index is 13.2. The normalized spacial score (nSPS) is 11.1. The molecular weight excluding hydrogens is 396 g/mol. The van der Waals surface area contributed by atoms with Gasteiger partial charge in [0.25, 0.3) is 10.0 Å². The Morgan fingerprint density at radius 2 is 1.54 bits per heavy atom. The van der Waals surface area contributed by atoms with Gasteiger partial charge in [-0.15, -0.1) is 0 Å². The summed E-state index contributed by atoms with van der Waals surface area (Å²) in [6.07, 6.45) is 0. The maximum absolute atomic E-state index is 13.2. The number of hydrogen-bond donors (Lipinski definition) is 1. The predicted octanol–water partition coefficient (Wildman–Crippen LogP) is 4.48. The molecule has 0 atom stereocenters. The summed E-state index contributed by atoms with van der Waals surface area (Å²) in [6, 6.07) is 21.7. The minimum absolute atomic E-state index is 0.0602. The molecule has 28 heavy (non-hydrogen) atoms. The Balaban J connectivity index is 1.94. The third kappa shape index (κ3) is 4.71. The van der Waals surface area contributed by atoms with E-state index in [0.29, 0.717) is 16.4 Å². The van der Waals surface area contributed by atoms with E-state index < -0.39 is 15.9 Å². The maximum Gasteiger partial charge on any atom is 0.264 e. The van der Waals surface area contributed by atoms with E-state index in [9.17, 15) is 13.2 Å². The van der Waals surface area contributed by atoms with E-state index in [1.807, 2.05) is 13.0 Å². The molecule has 144 valence electrons. The first-order chi connectivity index (χ1) is 13.4. The molecule has 0 aliphatic heterocycles. The van der Waals surface area contributed by atoms with Crippen LogP contribution in [0.1, 0.15) is 5.56 Å². The molecule has 3 aromatic carbocycles. The SMILES string of the molecule is Cc1ccc(N(CC(=O)Nc2ccccc2)S(=O)(=O)c2ccc(Cl)cc2)cc1. The van der Waals surface area contributed by atoms with E-state index in [1.54, 1.807) is 48.5 Å². The average Bonchev–Trinajstić information content (AvgIpc) is 2.68. The monoisotopic (exact) mass is 414 g/mol. The molecule has 0 fully saturated rings. The number of nitrogens with one attached hydrogen (secondary N) is 1. The zero-order chi connectivity index (χ0) is 20.1. The molecule has 0 bridgehead atoms. The Hall–Kier alpha value is -2.83. The molecule has 3 aromatic rings. The smallest absolute Gasteiger partial charge is 0.264 e. The van der Waals surface area contributed by atoms with Crippen molar-refractivity contribution in [2.75, 3.05) is 16.2 Å². The molecule has 1 amide bonds. The Morgan fingerprint density at radius 1 is 0.929 bits per heavy atom. The van der Waals surface area contributed by atoms with E-state index in [-0.39, 0.29) is 11.4 Å². The number of halogens is 1. The van der Waals surface area contributed by atoms with Crippen LogP contribution >= 0.6 is 11.6 Å². The van der Waals surface area contributed by atoms with Crippen molar-refractivity contribution >= 4 is 38.9 Å². The van der Waals surface area contributed by atoms with Crippen molar-refractivity contribution < 1.29 is 13.2 Å². The number of carbonyl (C=O) groups excluding carboxylic acids is 1. The lowest BCUT2D eigenvalue weighted by atomic mass is 10.2. The van der Waals surface area contributed by atoms with Gasteiger partial charge in [-0.05, 0) is 55.5 Å². The summed E-state index contributed by atoms with van der Waals surface area (Å²) in [5.74, 6) is -0.440. The van der Waals surface area contributed by atoms with Crippen LogP contribution in [0.2, 0.25) is 5.02 Å². The van der Waals surface area contributed by atoms with E-state index >= 15 is 0 Å². The fourth-order valence-corrected chi connectivity index (χ4v) is 4.16.